The summed E-state index contributed by atoms with van der Waals surface area (Å²) in [6.45, 7) is 3.43. The monoisotopic (exact) mass is 220 g/mol. The number of methoxy groups -OCH3 is 1. The van der Waals surface area contributed by atoms with E-state index in [0.29, 0.717) is 19.8 Å². The third-order valence-corrected chi connectivity index (χ3v) is 1.71. The lowest BCUT2D eigenvalue weighted by Crippen LogP contribution is -2.06. The highest BCUT2D eigenvalue weighted by molar-refractivity contribution is 7.80. The molecule has 4 heteroatoms. The van der Waals surface area contributed by atoms with Crippen LogP contribution in [-0.2, 0) is 14.2 Å². The van der Waals surface area contributed by atoms with Crippen molar-refractivity contribution in [1.29, 1.82) is 0 Å². The first-order valence-electron chi connectivity index (χ1n) is 4.82. The minimum absolute atomic E-state index is 0.641. The van der Waals surface area contributed by atoms with Gasteiger partial charge in [0, 0.05) is 26.1 Å². The summed E-state index contributed by atoms with van der Waals surface area (Å²) in [5.74, 6) is 0.761. The first kappa shape index (κ1) is 14.0. The fourth-order valence-electron chi connectivity index (χ4n) is 0.819. The van der Waals surface area contributed by atoms with Crippen LogP contribution in [0.4, 0.5) is 0 Å². The van der Waals surface area contributed by atoms with Crippen LogP contribution >= 0.6 is 12.6 Å². The zero-order valence-corrected chi connectivity index (χ0v) is 9.67. The van der Waals surface area contributed by atoms with Crippen molar-refractivity contribution in [3.63, 3.8) is 0 Å². The predicted octanol–water partition coefficient (Wildman–Crippen LogP) is 1.54. The smallest absolute Gasteiger partial charge is 0.0704 e. The number of hydrogen-bond acceptors (Lipinski definition) is 4. The lowest BCUT2D eigenvalue weighted by atomic mass is 10.5. The minimum atomic E-state index is 0.641. The largest absolute Gasteiger partial charge is 0.385 e. The molecule has 0 amide bonds. The molecule has 0 aromatic rings. The van der Waals surface area contributed by atoms with E-state index in [2.05, 4.69) is 12.6 Å². The number of hydrogen-bond donors (Lipinski definition) is 1. The van der Waals surface area contributed by atoms with Crippen LogP contribution in [0.15, 0.2) is 12.2 Å². The molecule has 0 unspecified atom stereocenters. The second kappa shape index (κ2) is 13.0. The molecule has 84 valence electrons. The highest BCUT2D eigenvalue weighted by Gasteiger charge is 1.88. The molecule has 0 aromatic carbocycles. The fourth-order valence-corrected chi connectivity index (χ4v) is 0.968. The Morgan fingerprint density at radius 3 is 2.50 bits per heavy atom. The van der Waals surface area contributed by atoms with Crippen LogP contribution in [-0.4, -0.2) is 45.9 Å². The zero-order valence-electron chi connectivity index (χ0n) is 8.78. The summed E-state index contributed by atoms with van der Waals surface area (Å²) < 4.78 is 15.4. The van der Waals surface area contributed by atoms with E-state index in [4.69, 9.17) is 14.2 Å². The van der Waals surface area contributed by atoms with E-state index in [-0.39, 0.29) is 0 Å². The van der Waals surface area contributed by atoms with Crippen molar-refractivity contribution in [1.82, 2.24) is 0 Å². The predicted molar refractivity (Wildman–Crippen MR) is 61.1 cm³/mol. The van der Waals surface area contributed by atoms with Gasteiger partial charge in [-0.25, -0.2) is 0 Å². The van der Waals surface area contributed by atoms with Gasteiger partial charge in [0.2, 0.25) is 0 Å². The molecule has 0 saturated carbocycles. The van der Waals surface area contributed by atoms with Gasteiger partial charge in [-0.3, -0.25) is 0 Å². The molecule has 3 nitrogen and oxygen atoms in total. The topological polar surface area (TPSA) is 27.7 Å². The molecule has 0 radical (unpaired) electrons. The molecule has 0 aliphatic carbocycles. The van der Waals surface area contributed by atoms with Gasteiger partial charge in [-0.2, -0.15) is 12.6 Å². The minimum Gasteiger partial charge on any atom is -0.385 e. The summed E-state index contributed by atoms with van der Waals surface area (Å²) in [7, 11) is 1.69. The van der Waals surface area contributed by atoms with Gasteiger partial charge in [-0.15, -0.1) is 0 Å². The van der Waals surface area contributed by atoms with E-state index < -0.39 is 0 Å². The SMILES string of the molecule is COCCCOCCOC/C=C/CS. The Morgan fingerprint density at radius 2 is 1.79 bits per heavy atom. The van der Waals surface area contributed by atoms with Gasteiger partial charge < -0.3 is 14.2 Å². The van der Waals surface area contributed by atoms with Crippen LogP contribution in [0.1, 0.15) is 6.42 Å². The molecule has 0 aromatic heterocycles. The van der Waals surface area contributed by atoms with Gasteiger partial charge in [-0.1, -0.05) is 12.2 Å². The first-order valence-corrected chi connectivity index (χ1v) is 5.45. The Morgan fingerprint density at radius 1 is 1.00 bits per heavy atom. The molecule has 14 heavy (non-hydrogen) atoms. The molecule has 0 saturated heterocycles. The van der Waals surface area contributed by atoms with E-state index in [0.717, 1.165) is 25.4 Å². The molecule has 0 bridgehead atoms. The Balaban J connectivity index is 2.88. The number of thiol groups is 1. The van der Waals surface area contributed by atoms with Crippen LogP contribution in [0, 0.1) is 0 Å². The zero-order chi connectivity index (χ0) is 10.5. The van der Waals surface area contributed by atoms with Crippen LogP contribution in [0.2, 0.25) is 0 Å². The van der Waals surface area contributed by atoms with Crippen molar-refractivity contribution >= 4 is 12.6 Å². The van der Waals surface area contributed by atoms with E-state index in [9.17, 15) is 0 Å². The highest BCUT2D eigenvalue weighted by atomic mass is 32.1. The maximum absolute atomic E-state index is 5.30. The fraction of sp³-hybridized carbons (Fsp3) is 0.800. The lowest BCUT2D eigenvalue weighted by Gasteiger charge is -2.03. The van der Waals surface area contributed by atoms with Crippen molar-refractivity contribution < 1.29 is 14.2 Å². The molecule has 0 heterocycles. The maximum Gasteiger partial charge on any atom is 0.0704 e. The van der Waals surface area contributed by atoms with E-state index in [1.54, 1.807) is 7.11 Å². The Hall–Kier alpha value is -0.0300. The van der Waals surface area contributed by atoms with E-state index in [1.807, 2.05) is 12.2 Å². The third kappa shape index (κ3) is 12.0. The summed E-state index contributed by atoms with van der Waals surface area (Å²) in [5.41, 5.74) is 0. The van der Waals surface area contributed by atoms with Crippen LogP contribution in [0.5, 0.6) is 0 Å². The van der Waals surface area contributed by atoms with Gasteiger partial charge in [0.05, 0.1) is 19.8 Å². The van der Waals surface area contributed by atoms with Crippen molar-refractivity contribution in [2.45, 2.75) is 6.42 Å². The van der Waals surface area contributed by atoms with Gasteiger partial charge in [0.15, 0.2) is 0 Å². The molecule has 0 aliphatic heterocycles. The summed E-state index contributed by atoms with van der Waals surface area (Å²) in [6, 6.07) is 0. The Kier molecular flexibility index (Phi) is 12.9. The van der Waals surface area contributed by atoms with Crippen molar-refractivity contribution in [2.75, 3.05) is 45.9 Å². The standard InChI is InChI=1S/C10H20O3S/c1-11-5-4-7-13-9-8-12-6-2-3-10-14/h2-3,14H,4-10H2,1H3/b3-2+. The van der Waals surface area contributed by atoms with Crippen molar-refractivity contribution in [3.05, 3.63) is 12.2 Å². The molecule has 0 fully saturated rings. The summed E-state index contributed by atoms with van der Waals surface area (Å²) in [4.78, 5) is 0. The van der Waals surface area contributed by atoms with Crippen LogP contribution in [0.25, 0.3) is 0 Å². The Labute approximate surface area is 91.8 Å². The second-order valence-corrected chi connectivity index (χ2v) is 3.05. The van der Waals surface area contributed by atoms with Gasteiger partial charge in [0.1, 0.15) is 0 Å². The quantitative estimate of drug-likeness (QED) is 0.344. The summed E-state index contributed by atoms with van der Waals surface area (Å²) in [6.07, 6.45) is 4.86. The molecule has 0 spiro atoms. The number of ether oxygens (including phenoxy) is 3. The maximum atomic E-state index is 5.30. The van der Waals surface area contributed by atoms with E-state index in [1.165, 1.54) is 0 Å². The van der Waals surface area contributed by atoms with Gasteiger partial charge >= 0.3 is 0 Å². The molecular formula is C10H20O3S. The van der Waals surface area contributed by atoms with Gasteiger partial charge in [-0.05, 0) is 6.42 Å². The van der Waals surface area contributed by atoms with Crippen LogP contribution < -0.4 is 0 Å². The normalized spacial score (nSPS) is 11.3. The Bertz CT molecular complexity index is 129. The molecule has 0 aliphatic rings. The van der Waals surface area contributed by atoms with Crippen LogP contribution in [0.3, 0.4) is 0 Å². The average Bonchev–Trinajstić information content (AvgIpc) is 2.21. The highest BCUT2D eigenvalue weighted by Crippen LogP contribution is 1.85. The molecule has 0 rings (SSSR count). The summed E-state index contributed by atoms with van der Waals surface area (Å²) >= 11 is 4.03. The molecular weight excluding hydrogens is 200 g/mol. The van der Waals surface area contributed by atoms with Crippen molar-refractivity contribution in [2.24, 2.45) is 0 Å². The van der Waals surface area contributed by atoms with Crippen molar-refractivity contribution in [3.8, 4) is 0 Å². The number of rotatable bonds is 10. The summed E-state index contributed by atoms with van der Waals surface area (Å²) in [5, 5.41) is 0. The first-order chi connectivity index (χ1) is 6.91. The lowest BCUT2D eigenvalue weighted by molar-refractivity contribution is 0.0487. The van der Waals surface area contributed by atoms with E-state index >= 15 is 0 Å². The third-order valence-electron chi connectivity index (χ3n) is 1.50. The molecule has 0 N–H and O–H groups in total. The second-order valence-electron chi connectivity index (χ2n) is 2.69. The molecule has 0 atom stereocenters. The average molecular weight is 220 g/mol. The van der Waals surface area contributed by atoms with Gasteiger partial charge in [0.25, 0.3) is 0 Å².